The third-order valence-corrected chi connectivity index (χ3v) is 6.57. The van der Waals surface area contributed by atoms with Crippen molar-refractivity contribution in [3.63, 3.8) is 0 Å². The van der Waals surface area contributed by atoms with Gasteiger partial charge in [0.2, 0.25) is 0 Å². The van der Waals surface area contributed by atoms with Crippen molar-refractivity contribution in [3.8, 4) is 0 Å². The van der Waals surface area contributed by atoms with Crippen molar-refractivity contribution in [2.24, 2.45) is 18.0 Å². The molecule has 0 radical (unpaired) electrons. The Hall–Kier alpha value is -1.68. The molecule has 1 fully saturated rings. The molecule has 7 nitrogen and oxygen atoms in total. The first-order valence-electron chi connectivity index (χ1n) is 12.1. The third-order valence-electron chi connectivity index (χ3n) is 6.57. The molecule has 2 heterocycles. The highest BCUT2D eigenvalue weighted by molar-refractivity contribution is 14.0. The van der Waals surface area contributed by atoms with Gasteiger partial charge >= 0.3 is 0 Å². The van der Waals surface area contributed by atoms with Crippen LogP contribution in [0.15, 0.2) is 35.3 Å². The van der Waals surface area contributed by atoms with E-state index in [1.54, 1.807) is 0 Å². The van der Waals surface area contributed by atoms with Crippen molar-refractivity contribution in [3.05, 3.63) is 47.5 Å². The Kier molecular flexibility index (Phi) is 11.6. The topological polar surface area (TPSA) is 70.4 Å². The molecule has 2 unspecified atom stereocenters. The molecule has 1 aliphatic rings. The first kappa shape index (κ1) is 27.6. The molecule has 0 spiro atoms. The Bertz CT molecular complexity index is 842. The van der Waals surface area contributed by atoms with Crippen LogP contribution in [0.25, 0.3) is 0 Å². The highest BCUT2D eigenvalue weighted by atomic mass is 127. The molecule has 1 aromatic carbocycles. The van der Waals surface area contributed by atoms with E-state index in [1.165, 1.54) is 44.3 Å². The van der Waals surface area contributed by atoms with Crippen molar-refractivity contribution in [1.82, 2.24) is 30.3 Å². The van der Waals surface area contributed by atoms with Crippen LogP contribution in [-0.2, 0) is 13.6 Å². The number of guanidine groups is 1. The van der Waals surface area contributed by atoms with Gasteiger partial charge in [0, 0.05) is 19.6 Å². The van der Waals surface area contributed by atoms with E-state index in [2.05, 4.69) is 70.8 Å². The lowest BCUT2D eigenvalue weighted by atomic mass is 10.0. The summed E-state index contributed by atoms with van der Waals surface area (Å²) in [6.45, 7) is 12.6. The molecule has 8 heteroatoms. The number of aromatic nitrogens is 3. The maximum Gasteiger partial charge on any atom is 0.192 e. The molecule has 2 atom stereocenters. The van der Waals surface area contributed by atoms with Crippen LogP contribution in [0.5, 0.6) is 0 Å². The van der Waals surface area contributed by atoms with E-state index >= 15 is 0 Å². The van der Waals surface area contributed by atoms with Gasteiger partial charge in [-0.1, -0.05) is 57.0 Å². The molecule has 1 saturated heterocycles. The number of hydrogen-bond acceptors (Lipinski definition) is 4. The van der Waals surface area contributed by atoms with Crippen LogP contribution in [0.1, 0.15) is 69.7 Å². The summed E-state index contributed by atoms with van der Waals surface area (Å²) in [6.07, 6.45) is 5.32. The lowest BCUT2D eigenvalue weighted by molar-refractivity contribution is 0.161. The lowest BCUT2D eigenvalue weighted by Crippen LogP contribution is -2.50. The highest BCUT2D eigenvalue weighted by Crippen LogP contribution is 2.17. The van der Waals surface area contributed by atoms with Crippen LogP contribution in [0.4, 0.5) is 0 Å². The average Bonchev–Trinajstić information content (AvgIpc) is 2.97. The minimum absolute atomic E-state index is 0. The first-order chi connectivity index (χ1) is 15.5. The molecule has 0 bridgehead atoms. The maximum absolute atomic E-state index is 4.88. The molecule has 2 N–H and O–H groups in total. The summed E-state index contributed by atoms with van der Waals surface area (Å²) in [5.41, 5.74) is 1.24. The Morgan fingerprint density at radius 1 is 1.03 bits per heavy atom. The molecule has 184 valence electrons. The van der Waals surface area contributed by atoms with Crippen LogP contribution < -0.4 is 10.6 Å². The number of benzene rings is 1. The SMILES string of the molecule is Cc1nnc(CN=C(NCC(C(C)C)N2CCCCCC2)NC(C)c2ccccc2)n1C.I. The summed E-state index contributed by atoms with van der Waals surface area (Å²) in [6, 6.07) is 11.1. The van der Waals surface area contributed by atoms with Gasteiger partial charge in [0.25, 0.3) is 0 Å². The molecule has 0 amide bonds. The minimum atomic E-state index is 0. The van der Waals surface area contributed by atoms with Gasteiger partial charge in [-0.2, -0.15) is 0 Å². The Balaban J connectivity index is 0.00000385. The van der Waals surface area contributed by atoms with Gasteiger partial charge in [0.05, 0.1) is 6.04 Å². The summed E-state index contributed by atoms with van der Waals surface area (Å²) >= 11 is 0. The van der Waals surface area contributed by atoms with Crippen LogP contribution in [0, 0.1) is 12.8 Å². The highest BCUT2D eigenvalue weighted by Gasteiger charge is 2.23. The monoisotopic (exact) mass is 567 g/mol. The second-order valence-corrected chi connectivity index (χ2v) is 9.31. The zero-order valence-corrected chi connectivity index (χ0v) is 23.3. The summed E-state index contributed by atoms with van der Waals surface area (Å²) in [7, 11) is 1.99. The average molecular weight is 568 g/mol. The summed E-state index contributed by atoms with van der Waals surface area (Å²) in [5.74, 6) is 3.16. The Labute approximate surface area is 216 Å². The van der Waals surface area contributed by atoms with Gasteiger partial charge < -0.3 is 15.2 Å². The van der Waals surface area contributed by atoms with E-state index in [-0.39, 0.29) is 30.0 Å². The van der Waals surface area contributed by atoms with E-state index < -0.39 is 0 Å². The van der Waals surface area contributed by atoms with Crippen LogP contribution in [0.2, 0.25) is 0 Å². The first-order valence-corrected chi connectivity index (χ1v) is 12.1. The number of rotatable bonds is 8. The molecular formula is C25H42IN7. The summed E-state index contributed by atoms with van der Waals surface area (Å²) in [5, 5.41) is 15.7. The molecule has 1 aliphatic heterocycles. The smallest absolute Gasteiger partial charge is 0.192 e. The fraction of sp³-hybridized carbons (Fsp3) is 0.640. The van der Waals surface area contributed by atoms with E-state index in [0.29, 0.717) is 18.5 Å². The van der Waals surface area contributed by atoms with Gasteiger partial charge in [0.15, 0.2) is 11.8 Å². The van der Waals surface area contributed by atoms with E-state index in [1.807, 2.05) is 24.6 Å². The van der Waals surface area contributed by atoms with Crippen LogP contribution in [-0.4, -0.2) is 51.3 Å². The lowest BCUT2D eigenvalue weighted by Gasteiger charge is -2.34. The second kappa shape index (κ2) is 13.9. The third kappa shape index (κ3) is 8.24. The molecule has 0 saturated carbocycles. The van der Waals surface area contributed by atoms with Gasteiger partial charge in [-0.15, -0.1) is 34.2 Å². The fourth-order valence-electron chi connectivity index (χ4n) is 4.34. The Morgan fingerprint density at radius 3 is 2.27 bits per heavy atom. The van der Waals surface area contributed by atoms with Crippen molar-refractivity contribution in [2.75, 3.05) is 19.6 Å². The molecule has 1 aromatic heterocycles. The van der Waals surface area contributed by atoms with Crippen molar-refractivity contribution in [1.29, 1.82) is 0 Å². The number of likely N-dealkylation sites (tertiary alicyclic amines) is 1. The van der Waals surface area contributed by atoms with Crippen LogP contribution in [0.3, 0.4) is 0 Å². The zero-order chi connectivity index (χ0) is 22.9. The number of nitrogens with one attached hydrogen (secondary N) is 2. The van der Waals surface area contributed by atoms with E-state index in [4.69, 9.17) is 4.99 Å². The standard InChI is InChI=1S/C25H41N7.HI/c1-19(2)23(32-15-11-6-7-12-16-32)17-26-25(27-18-24-30-29-21(4)31(24)5)28-20(3)22-13-9-8-10-14-22;/h8-10,13-14,19-20,23H,6-7,11-12,15-18H2,1-5H3,(H2,26,27,28);1H. The number of hydrogen-bond donors (Lipinski definition) is 2. The van der Waals surface area contributed by atoms with Gasteiger partial charge in [-0.05, 0) is 51.3 Å². The van der Waals surface area contributed by atoms with Crippen LogP contribution >= 0.6 is 24.0 Å². The van der Waals surface area contributed by atoms with Gasteiger partial charge in [-0.3, -0.25) is 4.90 Å². The number of halogens is 1. The van der Waals surface area contributed by atoms with Crippen molar-refractivity contribution >= 4 is 29.9 Å². The molecule has 3 rings (SSSR count). The molecule has 0 aliphatic carbocycles. The van der Waals surface area contributed by atoms with Gasteiger partial charge in [-0.25, -0.2) is 4.99 Å². The van der Waals surface area contributed by atoms with Gasteiger partial charge in [0.1, 0.15) is 12.4 Å². The Morgan fingerprint density at radius 2 is 1.70 bits per heavy atom. The van der Waals surface area contributed by atoms with Crippen molar-refractivity contribution < 1.29 is 0 Å². The van der Waals surface area contributed by atoms with E-state index in [9.17, 15) is 0 Å². The quantitative estimate of drug-likeness (QED) is 0.281. The largest absolute Gasteiger partial charge is 0.355 e. The number of aryl methyl sites for hydroxylation is 1. The predicted octanol–water partition coefficient (Wildman–Crippen LogP) is 4.44. The molecule has 2 aromatic rings. The maximum atomic E-state index is 4.88. The fourth-order valence-corrected chi connectivity index (χ4v) is 4.34. The summed E-state index contributed by atoms with van der Waals surface area (Å²) < 4.78 is 2.00. The number of aliphatic imine (C=N–C) groups is 1. The number of nitrogens with zero attached hydrogens (tertiary/aromatic N) is 5. The molecule has 33 heavy (non-hydrogen) atoms. The van der Waals surface area contributed by atoms with Crippen molar-refractivity contribution in [2.45, 2.75) is 72.0 Å². The second-order valence-electron chi connectivity index (χ2n) is 9.31. The summed E-state index contributed by atoms with van der Waals surface area (Å²) in [4.78, 5) is 7.56. The normalized spacial score (nSPS) is 17.2. The predicted molar refractivity (Wildman–Crippen MR) is 147 cm³/mol. The van der Waals surface area contributed by atoms with E-state index in [0.717, 1.165) is 24.2 Å². The zero-order valence-electron chi connectivity index (χ0n) is 20.9. The minimum Gasteiger partial charge on any atom is -0.355 e. The molecular weight excluding hydrogens is 525 g/mol.